The van der Waals surface area contributed by atoms with Gasteiger partial charge in [-0.3, -0.25) is 9.89 Å². The Morgan fingerprint density at radius 1 is 1.19 bits per heavy atom. The Bertz CT molecular complexity index is 593. The molecule has 1 unspecified atom stereocenters. The first kappa shape index (κ1) is 20.0. The molecule has 1 saturated heterocycles. The molecule has 5 heteroatoms. The molecule has 1 saturated carbocycles. The number of hydrogen-bond donors (Lipinski definition) is 2. The molecule has 3 rings (SSSR count). The number of benzene rings is 1. The molecule has 150 valence electrons. The largest absolute Gasteiger partial charge is 0.491 e. The van der Waals surface area contributed by atoms with Crippen LogP contribution in [0.1, 0.15) is 51.5 Å². The lowest BCUT2D eigenvalue weighted by Gasteiger charge is -2.24. The van der Waals surface area contributed by atoms with Crippen LogP contribution in [0.25, 0.3) is 0 Å². The summed E-state index contributed by atoms with van der Waals surface area (Å²) < 4.78 is 5.70. The molecule has 1 atom stereocenters. The van der Waals surface area contributed by atoms with E-state index in [0.717, 1.165) is 37.3 Å². The van der Waals surface area contributed by atoms with Crippen LogP contribution in [0, 0.1) is 0 Å². The van der Waals surface area contributed by atoms with Crippen molar-refractivity contribution in [3.63, 3.8) is 0 Å². The third-order valence-electron chi connectivity index (χ3n) is 5.63. The van der Waals surface area contributed by atoms with Gasteiger partial charge in [0.05, 0.1) is 6.10 Å². The molecule has 5 nitrogen and oxygen atoms in total. The van der Waals surface area contributed by atoms with E-state index in [1.165, 1.54) is 44.2 Å². The van der Waals surface area contributed by atoms with E-state index in [0.29, 0.717) is 6.04 Å². The molecule has 0 spiro atoms. The van der Waals surface area contributed by atoms with E-state index in [1.54, 1.807) is 0 Å². The van der Waals surface area contributed by atoms with Crippen molar-refractivity contribution in [3.05, 3.63) is 29.8 Å². The van der Waals surface area contributed by atoms with Gasteiger partial charge < -0.3 is 15.4 Å². The molecule has 1 aromatic rings. The number of aliphatic imine (C=N–C) groups is 1. The first-order chi connectivity index (χ1) is 13.1. The molecule has 1 aliphatic heterocycles. The van der Waals surface area contributed by atoms with Crippen molar-refractivity contribution in [2.75, 3.05) is 26.7 Å². The second-order valence-corrected chi connectivity index (χ2v) is 8.12. The second kappa shape index (κ2) is 9.98. The van der Waals surface area contributed by atoms with Gasteiger partial charge in [0.2, 0.25) is 0 Å². The summed E-state index contributed by atoms with van der Waals surface area (Å²) >= 11 is 0. The number of guanidine groups is 1. The van der Waals surface area contributed by atoms with Crippen molar-refractivity contribution in [2.45, 2.75) is 70.6 Å². The zero-order valence-electron chi connectivity index (χ0n) is 17.2. The first-order valence-electron chi connectivity index (χ1n) is 10.6. The summed E-state index contributed by atoms with van der Waals surface area (Å²) in [5, 5.41) is 7.08. The molecule has 2 aliphatic rings. The second-order valence-electron chi connectivity index (χ2n) is 8.12. The van der Waals surface area contributed by atoms with Gasteiger partial charge in [0.15, 0.2) is 5.96 Å². The highest BCUT2D eigenvalue weighted by Crippen LogP contribution is 2.26. The number of hydrogen-bond acceptors (Lipinski definition) is 3. The Morgan fingerprint density at radius 2 is 1.93 bits per heavy atom. The number of ether oxygens (including phenoxy) is 1. The Hall–Kier alpha value is -1.75. The van der Waals surface area contributed by atoms with Crippen LogP contribution in [0.15, 0.2) is 29.3 Å². The SMILES string of the molecule is CN=C(NCCc1ccc(OC(C)C)cc1)NC1CCN(C2CCCC2)C1. The molecule has 0 bridgehead atoms. The molecule has 0 aromatic heterocycles. The topological polar surface area (TPSA) is 48.9 Å². The maximum absolute atomic E-state index is 5.70. The van der Waals surface area contributed by atoms with Crippen LogP contribution in [0.4, 0.5) is 0 Å². The molecule has 27 heavy (non-hydrogen) atoms. The highest BCUT2D eigenvalue weighted by molar-refractivity contribution is 5.80. The minimum atomic E-state index is 0.215. The van der Waals surface area contributed by atoms with Gasteiger partial charge in [0.1, 0.15) is 5.75 Å². The standard InChI is InChI=1S/C22H36N4O/c1-17(2)27-21-10-8-18(9-11-21)12-14-24-22(23-3)25-19-13-15-26(16-19)20-6-4-5-7-20/h8-11,17,19-20H,4-7,12-16H2,1-3H3,(H2,23,24,25). The highest BCUT2D eigenvalue weighted by atomic mass is 16.5. The normalized spacial score (nSPS) is 21.8. The summed E-state index contributed by atoms with van der Waals surface area (Å²) in [6.45, 7) is 7.36. The number of nitrogens with zero attached hydrogens (tertiary/aromatic N) is 2. The lowest BCUT2D eigenvalue weighted by Crippen LogP contribution is -2.45. The van der Waals surface area contributed by atoms with Crippen LogP contribution in [0.2, 0.25) is 0 Å². The molecule has 0 amide bonds. The van der Waals surface area contributed by atoms with Crippen LogP contribution >= 0.6 is 0 Å². The zero-order chi connectivity index (χ0) is 19.1. The van der Waals surface area contributed by atoms with E-state index in [1.807, 2.05) is 20.9 Å². The summed E-state index contributed by atoms with van der Waals surface area (Å²) in [6.07, 6.45) is 8.00. The van der Waals surface area contributed by atoms with Crippen LogP contribution in [-0.4, -0.2) is 55.7 Å². The van der Waals surface area contributed by atoms with Crippen molar-refractivity contribution in [1.29, 1.82) is 0 Å². The fourth-order valence-corrected chi connectivity index (χ4v) is 4.23. The van der Waals surface area contributed by atoms with E-state index in [9.17, 15) is 0 Å². The van der Waals surface area contributed by atoms with E-state index in [2.05, 4.69) is 44.8 Å². The summed E-state index contributed by atoms with van der Waals surface area (Å²) in [5.41, 5.74) is 1.31. The summed E-state index contributed by atoms with van der Waals surface area (Å²) in [5.74, 6) is 1.86. The van der Waals surface area contributed by atoms with E-state index >= 15 is 0 Å². The van der Waals surface area contributed by atoms with Crippen LogP contribution < -0.4 is 15.4 Å². The molecule has 1 heterocycles. The van der Waals surface area contributed by atoms with Crippen LogP contribution in [-0.2, 0) is 6.42 Å². The summed E-state index contributed by atoms with van der Waals surface area (Å²) in [7, 11) is 1.86. The third kappa shape index (κ3) is 6.13. The van der Waals surface area contributed by atoms with E-state index in [-0.39, 0.29) is 6.10 Å². The molecule has 0 radical (unpaired) electrons. The Balaban J connectivity index is 1.38. The van der Waals surface area contributed by atoms with Crippen molar-refractivity contribution in [3.8, 4) is 5.75 Å². The van der Waals surface area contributed by atoms with E-state index < -0.39 is 0 Å². The summed E-state index contributed by atoms with van der Waals surface area (Å²) in [6, 6.07) is 9.74. The molecular weight excluding hydrogens is 336 g/mol. The smallest absolute Gasteiger partial charge is 0.191 e. The Labute approximate surface area is 164 Å². The fourth-order valence-electron chi connectivity index (χ4n) is 4.23. The predicted octanol–water partition coefficient (Wildman–Crippen LogP) is 3.20. The van der Waals surface area contributed by atoms with Crippen molar-refractivity contribution < 1.29 is 4.74 Å². The van der Waals surface area contributed by atoms with Crippen molar-refractivity contribution in [2.24, 2.45) is 4.99 Å². The first-order valence-corrected chi connectivity index (χ1v) is 10.6. The predicted molar refractivity (Wildman–Crippen MR) is 113 cm³/mol. The van der Waals surface area contributed by atoms with Gasteiger partial charge in [-0.05, 0) is 57.2 Å². The average molecular weight is 373 g/mol. The number of rotatable bonds is 7. The zero-order valence-corrected chi connectivity index (χ0v) is 17.2. The molecule has 1 aliphatic carbocycles. The quantitative estimate of drug-likeness (QED) is 0.570. The number of nitrogens with one attached hydrogen (secondary N) is 2. The summed E-state index contributed by atoms with van der Waals surface area (Å²) in [4.78, 5) is 7.09. The fraction of sp³-hybridized carbons (Fsp3) is 0.682. The third-order valence-corrected chi connectivity index (χ3v) is 5.63. The minimum Gasteiger partial charge on any atom is -0.491 e. The van der Waals surface area contributed by atoms with Gasteiger partial charge in [-0.15, -0.1) is 0 Å². The number of likely N-dealkylation sites (tertiary alicyclic amines) is 1. The molecule has 2 N–H and O–H groups in total. The maximum Gasteiger partial charge on any atom is 0.191 e. The Kier molecular flexibility index (Phi) is 7.39. The van der Waals surface area contributed by atoms with E-state index in [4.69, 9.17) is 4.74 Å². The lowest BCUT2D eigenvalue weighted by molar-refractivity contribution is 0.242. The Morgan fingerprint density at radius 3 is 2.59 bits per heavy atom. The molecular formula is C22H36N4O. The monoisotopic (exact) mass is 372 g/mol. The minimum absolute atomic E-state index is 0.215. The average Bonchev–Trinajstić information content (AvgIpc) is 3.33. The van der Waals surface area contributed by atoms with Crippen LogP contribution in [0.5, 0.6) is 5.75 Å². The van der Waals surface area contributed by atoms with Gasteiger partial charge in [-0.1, -0.05) is 25.0 Å². The maximum atomic E-state index is 5.70. The molecule has 2 fully saturated rings. The van der Waals surface area contributed by atoms with Gasteiger partial charge in [0, 0.05) is 38.8 Å². The lowest BCUT2D eigenvalue weighted by atomic mass is 10.1. The molecule has 1 aromatic carbocycles. The van der Waals surface area contributed by atoms with Gasteiger partial charge in [-0.2, -0.15) is 0 Å². The highest BCUT2D eigenvalue weighted by Gasteiger charge is 2.30. The van der Waals surface area contributed by atoms with Gasteiger partial charge in [0.25, 0.3) is 0 Å². The van der Waals surface area contributed by atoms with Crippen molar-refractivity contribution in [1.82, 2.24) is 15.5 Å². The van der Waals surface area contributed by atoms with Crippen LogP contribution in [0.3, 0.4) is 0 Å². The van der Waals surface area contributed by atoms with Crippen molar-refractivity contribution >= 4 is 5.96 Å². The van der Waals surface area contributed by atoms with Gasteiger partial charge >= 0.3 is 0 Å². The van der Waals surface area contributed by atoms with Gasteiger partial charge in [-0.25, -0.2) is 0 Å².